The van der Waals surface area contributed by atoms with Crippen LogP contribution >= 0.6 is 34.0 Å². The van der Waals surface area contributed by atoms with E-state index in [1.807, 2.05) is 77.0 Å². The molecule has 32 aromatic rings. The molecule has 0 unspecified atom stereocenters. The summed E-state index contributed by atoms with van der Waals surface area (Å²) in [4.78, 5) is 47.5. The third kappa shape index (κ3) is 11.9. The maximum atomic E-state index is 5.61. The van der Waals surface area contributed by atoms with E-state index in [2.05, 4.69) is 408 Å². The van der Waals surface area contributed by atoms with Crippen molar-refractivity contribution in [3.05, 3.63) is 437 Å². The molecule has 0 aliphatic heterocycles. The lowest BCUT2D eigenvalue weighted by Crippen LogP contribution is -2.04. The zero-order valence-electron chi connectivity index (χ0n) is 75.7. The highest BCUT2D eigenvalue weighted by molar-refractivity contribution is 7.28. The van der Waals surface area contributed by atoms with E-state index in [0.29, 0.717) is 11.9 Å². The first-order valence-corrected chi connectivity index (χ1v) is 50.1. The molecule has 0 amide bonds. The fourth-order valence-electron chi connectivity index (χ4n) is 22.8. The Morgan fingerprint density at radius 1 is 0.183 bits per heavy atom. The summed E-state index contributed by atoms with van der Waals surface area (Å²) >= 11 is 5.43. The summed E-state index contributed by atoms with van der Waals surface area (Å²) in [6.07, 6.45) is 7.64. The quantitative estimate of drug-likeness (QED) is 0.143. The Morgan fingerprint density at radius 3 is 1.05 bits per heavy atom. The van der Waals surface area contributed by atoms with Crippen molar-refractivity contribution in [2.45, 2.75) is 0 Å². The number of pyridine rings is 5. The summed E-state index contributed by atoms with van der Waals surface area (Å²) in [5, 5.41) is 29.0. The second-order valence-electron chi connectivity index (χ2n) is 36.3. The van der Waals surface area contributed by atoms with Crippen LogP contribution in [0.2, 0.25) is 0 Å². The van der Waals surface area contributed by atoms with E-state index >= 15 is 0 Å². The van der Waals surface area contributed by atoms with Gasteiger partial charge in [-0.25, -0.2) is 24.9 Å². The van der Waals surface area contributed by atoms with E-state index in [-0.39, 0.29) is 0 Å². The summed E-state index contributed by atoms with van der Waals surface area (Å²) in [5.41, 5.74) is 22.0. The monoisotopic (exact) mass is 1860 g/mol. The van der Waals surface area contributed by atoms with Gasteiger partial charge in [-0.15, -0.1) is 34.0 Å². The van der Waals surface area contributed by atoms with Crippen LogP contribution < -0.4 is 0 Å². The standard InChI is InChI=1S/C45H26N4S.C43H24N4S.C39H22N4S/c1-3-12-27(13-4-1)29-23-25-47-41-30(29)21-22-31-35(28-14-5-2-6-15-28)26-38(48-42(31)41)49-36-19-9-7-16-32(36)39-34-18-11-24-46-43(34)45-40(44(39)49)33-17-8-10-20-37(33)50-45;1-2-13-25(14-3-1)38-36-28-17-6-4-15-26(28)27-16-5-7-18-29(27)39(36)46-43(45-38)47-33-22-10-8-19-30(33)35-32-21-12-24-44-40(32)42-37(41(35)47)31-20-9-11-23-34(31)48-42;1-2-12-24(13-3-1)34-29-21-20-23-11-4-5-14-25(23)35(29)42-39(41-34)43-30-18-8-6-15-26(30)32-28-17-10-22-40-36(28)38-33(37(32)43)27-16-7-9-19-31(27)44-38/h1-26H;1-24H;1-22H. The molecule has 15 heteroatoms. The van der Waals surface area contributed by atoms with Crippen molar-refractivity contribution in [3.63, 3.8) is 0 Å². The van der Waals surface area contributed by atoms with Gasteiger partial charge in [-0.3, -0.25) is 33.6 Å². The van der Waals surface area contributed by atoms with Gasteiger partial charge in [-0.2, -0.15) is 0 Å². The zero-order valence-corrected chi connectivity index (χ0v) is 78.1. The Hall–Kier alpha value is -18.3. The molecule has 13 aromatic heterocycles. The lowest BCUT2D eigenvalue weighted by molar-refractivity contribution is 1.02. The fraction of sp³-hybridized carbons (Fsp3) is 0. The molecule has 0 saturated heterocycles. The van der Waals surface area contributed by atoms with Crippen LogP contribution in [0.3, 0.4) is 0 Å². The number of thiophene rings is 3. The van der Waals surface area contributed by atoms with Gasteiger partial charge in [0, 0.05) is 163 Å². The Morgan fingerprint density at radius 2 is 0.542 bits per heavy atom. The topological polar surface area (TPSA) is 131 Å². The summed E-state index contributed by atoms with van der Waals surface area (Å²) < 4.78 is 14.3. The summed E-state index contributed by atoms with van der Waals surface area (Å²) in [5.74, 6) is 2.19. The third-order valence-corrected chi connectivity index (χ3v) is 32.2. The predicted octanol–water partition coefficient (Wildman–Crippen LogP) is 34.2. The molecule has 142 heavy (non-hydrogen) atoms. The Kier molecular flexibility index (Phi) is 17.8. The van der Waals surface area contributed by atoms with Crippen LogP contribution in [0.25, 0.3) is 297 Å². The predicted molar refractivity (Wildman–Crippen MR) is 598 cm³/mol. The second-order valence-corrected chi connectivity index (χ2v) is 39.4. The molecule has 0 atom stereocenters. The summed E-state index contributed by atoms with van der Waals surface area (Å²) in [7, 11) is 0. The fourth-order valence-corrected chi connectivity index (χ4v) is 26.4. The van der Waals surface area contributed by atoms with Crippen LogP contribution in [-0.4, -0.2) is 58.6 Å². The largest absolute Gasteiger partial charge is 0.293 e. The van der Waals surface area contributed by atoms with Gasteiger partial charge in [0.05, 0.1) is 97.2 Å². The van der Waals surface area contributed by atoms with E-state index in [4.69, 9.17) is 44.9 Å². The minimum Gasteiger partial charge on any atom is -0.293 e. The molecule has 0 spiro atoms. The van der Waals surface area contributed by atoms with Gasteiger partial charge in [0.2, 0.25) is 11.9 Å². The van der Waals surface area contributed by atoms with Gasteiger partial charge >= 0.3 is 0 Å². The highest BCUT2D eigenvalue weighted by atomic mass is 32.1. The Balaban J connectivity index is 0.0000000998. The first-order chi connectivity index (χ1) is 70.5. The highest BCUT2D eigenvalue weighted by Gasteiger charge is 2.31. The van der Waals surface area contributed by atoms with Gasteiger partial charge < -0.3 is 0 Å². The van der Waals surface area contributed by atoms with Gasteiger partial charge in [0.15, 0.2) is 0 Å². The molecule has 0 saturated carbocycles. The number of aromatic nitrogens is 12. The average molecular weight is 1860 g/mol. The van der Waals surface area contributed by atoms with E-state index in [9.17, 15) is 0 Å². The van der Waals surface area contributed by atoms with Gasteiger partial charge in [0.25, 0.3) is 0 Å². The van der Waals surface area contributed by atoms with E-state index < -0.39 is 0 Å². The number of nitrogens with zero attached hydrogens (tertiary/aromatic N) is 12. The second kappa shape index (κ2) is 31.7. The molecule has 13 heterocycles. The molecule has 0 aliphatic carbocycles. The number of para-hydroxylation sites is 3. The van der Waals surface area contributed by atoms with Crippen molar-refractivity contribution in [2.75, 3.05) is 0 Å². The molecule has 658 valence electrons. The molecular weight excluding hydrogens is 1790 g/mol. The molecule has 32 rings (SSSR count). The normalized spacial score (nSPS) is 12.1. The van der Waals surface area contributed by atoms with Crippen molar-refractivity contribution in [1.82, 2.24) is 58.6 Å². The van der Waals surface area contributed by atoms with Crippen LogP contribution in [0.5, 0.6) is 0 Å². The number of hydrogen-bond donors (Lipinski definition) is 0. The molecule has 12 nitrogen and oxygen atoms in total. The maximum absolute atomic E-state index is 5.61. The molecule has 19 aromatic carbocycles. The zero-order chi connectivity index (χ0) is 92.9. The Bertz CT molecular complexity index is 11000. The molecule has 0 N–H and O–H groups in total. The van der Waals surface area contributed by atoms with Gasteiger partial charge in [-0.05, 0) is 117 Å². The molecule has 0 bridgehead atoms. The number of fused-ring (bicyclic) bond motifs is 42. The van der Waals surface area contributed by atoms with Crippen molar-refractivity contribution in [2.24, 2.45) is 0 Å². The van der Waals surface area contributed by atoms with Crippen molar-refractivity contribution in [1.29, 1.82) is 0 Å². The van der Waals surface area contributed by atoms with Crippen LogP contribution in [0.15, 0.2) is 437 Å². The molecular formula is C127H72N12S3. The van der Waals surface area contributed by atoms with Crippen molar-refractivity contribution >= 4 is 269 Å². The summed E-state index contributed by atoms with van der Waals surface area (Å²) in [6.45, 7) is 0. The minimum atomic E-state index is 0.660. The number of hydrogen-bond acceptors (Lipinski definition) is 12. The smallest absolute Gasteiger partial charge is 0.235 e. The maximum Gasteiger partial charge on any atom is 0.235 e. The van der Waals surface area contributed by atoms with Crippen LogP contribution in [0, 0.1) is 0 Å². The van der Waals surface area contributed by atoms with E-state index in [1.165, 1.54) is 98.2 Å². The summed E-state index contributed by atoms with van der Waals surface area (Å²) in [6, 6.07) is 146. The van der Waals surface area contributed by atoms with Crippen LogP contribution in [0.4, 0.5) is 0 Å². The SMILES string of the molecule is c1ccc(-c2ccnc3c2ccc2c(-c4ccccc4)cc(-n4c5ccccc5c5c6cccnc6c6sc7ccccc7c6c54)nc23)cc1.c1ccc(-c2nc(-n3c4ccccc4c4c5cccnc5c5sc6ccccc6c5c43)nc3c2ccc2ccccc23)cc1.c1ccc(-c2nc(-n3c4ccccc4c4c5cccnc5c5sc6ccccc6c5c43)nc3c4ccccc4c4ccccc4c23)cc1. The number of benzene rings is 19. The lowest BCUT2D eigenvalue weighted by Gasteiger charge is -2.16. The first kappa shape index (κ1) is 79.9. The molecule has 0 aliphatic rings. The van der Waals surface area contributed by atoms with Crippen molar-refractivity contribution in [3.8, 4) is 62.5 Å². The third-order valence-electron chi connectivity index (χ3n) is 28.7. The highest BCUT2D eigenvalue weighted by Crippen LogP contribution is 2.54. The minimum absolute atomic E-state index is 0.660. The van der Waals surface area contributed by atoms with Crippen LogP contribution in [0.1, 0.15) is 0 Å². The van der Waals surface area contributed by atoms with Crippen LogP contribution in [-0.2, 0) is 0 Å². The number of rotatable bonds is 7. The van der Waals surface area contributed by atoms with Crippen molar-refractivity contribution < 1.29 is 0 Å². The van der Waals surface area contributed by atoms with Gasteiger partial charge in [-0.1, -0.05) is 340 Å². The Labute approximate surface area is 820 Å². The van der Waals surface area contributed by atoms with Gasteiger partial charge in [0.1, 0.15) is 5.82 Å². The molecule has 0 radical (unpaired) electrons. The first-order valence-electron chi connectivity index (χ1n) is 47.6. The molecule has 0 fully saturated rings. The average Bonchev–Trinajstić information content (AvgIpc) is 1.55. The lowest BCUT2D eigenvalue weighted by atomic mass is 9.94. The van der Waals surface area contributed by atoms with E-state index in [1.54, 1.807) is 0 Å². The van der Waals surface area contributed by atoms with E-state index in [0.717, 1.165) is 187 Å².